The molecule has 0 aliphatic rings. The van der Waals surface area contributed by atoms with Crippen LogP contribution in [0, 0.1) is 0 Å². The molecule has 0 fully saturated rings. The van der Waals surface area contributed by atoms with E-state index in [1.54, 1.807) is 6.20 Å². The van der Waals surface area contributed by atoms with Gasteiger partial charge in [-0.2, -0.15) is 0 Å². The van der Waals surface area contributed by atoms with E-state index in [4.69, 9.17) is 4.74 Å². The fourth-order valence-electron chi connectivity index (χ4n) is 2.99. The van der Waals surface area contributed by atoms with Crippen LogP contribution in [0.4, 0.5) is 5.82 Å². The van der Waals surface area contributed by atoms with Crippen molar-refractivity contribution < 1.29 is 4.74 Å². The molecule has 4 aromatic rings. The summed E-state index contributed by atoms with van der Waals surface area (Å²) in [7, 11) is 0. The van der Waals surface area contributed by atoms with Gasteiger partial charge in [-0.1, -0.05) is 72.4 Å². The van der Waals surface area contributed by atoms with Crippen molar-refractivity contribution >= 4 is 17.6 Å². The Labute approximate surface area is 180 Å². The summed E-state index contributed by atoms with van der Waals surface area (Å²) in [5.74, 6) is 1.42. The van der Waals surface area contributed by atoms with Gasteiger partial charge in [0.25, 0.3) is 0 Å². The second-order valence-corrected chi connectivity index (χ2v) is 7.39. The zero-order valence-electron chi connectivity index (χ0n) is 16.7. The summed E-state index contributed by atoms with van der Waals surface area (Å²) in [6.07, 6.45) is 5.56. The molecular weight excluding hydrogens is 392 g/mol. The SMILES string of the molecule is CSc1nccc(NCc2cnc(OCc3ccccc3)c(-c3ccccc3)c2)n1. The monoisotopic (exact) mass is 414 g/mol. The third kappa shape index (κ3) is 5.15. The first kappa shape index (κ1) is 19.9. The van der Waals surface area contributed by atoms with Gasteiger partial charge >= 0.3 is 0 Å². The maximum atomic E-state index is 6.07. The van der Waals surface area contributed by atoms with Crippen molar-refractivity contribution in [3.63, 3.8) is 0 Å². The zero-order chi connectivity index (χ0) is 20.6. The smallest absolute Gasteiger partial charge is 0.221 e. The number of nitrogens with one attached hydrogen (secondary N) is 1. The van der Waals surface area contributed by atoms with Crippen molar-refractivity contribution in [2.45, 2.75) is 18.3 Å². The average molecular weight is 415 g/mol. The van der Waals surface area contributed by atoms with Crippen LogP contribution >= 0.6 is 11.8 Å². The number of ether oxygens (including phenoxy) is 1. The minimum Gasteiger partial charge on any atom is -0.472 e. The fraction of sp³-hybridized carbons (Fsp3) is 0.125. The average Bonchev–Trinajstić information content (AvgIpc) is 2.83. The van der Waals surface area contributed by atoms with Gasteiger partial charge in [-0.3, -0.25) is 0 Å². The number of anilines is 1. The normalized spacial score (nSPS) is 10.6. The number of hydrogen-bond acceptors (Lipinski definition) is 6. The summed E-state index contributed by atoms with van der Waals surface area (Å²) in [5, 5.41) is 4.09. The summed E-state index contributed by atoms with van der Waals surface area (Å²) < 4.78 is 6.07. The largest absolute Gasteiger partial charge is 0.472 e. The number of aromatic nitrogens is 3. The van der Waals surface area contributed by atoms with E-state index in [-0.39, 0.29) is 0 Å². The Morgan fingerprint density at radius 3 is 2.43 bits per heavy atom. The van der Waals surface area contributed by atoms with Crippen molar-refractivity contribution in [3.05, 3.63) is 96.3 Å². The molecule has 4 rings (SSSR count). The van der Waals surface area contributed by atoms with Crippen LogP contribution < -0.4 is 10.1 Å². The lowest BCUT2D eigenvalue weighted by Gasteiger charge is -2.13. The molecule has 5 nitrogen and oxygen atoms in total. The van der Waals surface area contributed by atoms with Gasteiger partial charge < -0.3 is 10.1 Å². The lowest BCUT2D eigenvalue weighted by molar-refractivity contribution is 0.295. The third-order valence-electron chi connectivity index (χ3n) is 4.50. The van der Waals surface area contributed by atoms with Crippen molar-refractivity contribution in [1.29, 1.82) is 0 Å². The van der Waals surface area contributed by atoms with E-state index in [1.165, 1.54) is 11.8 Å². The van der Waals surface area contributed by atoms with Crippen molar-refractivity contribution in [3.8, 4) is 17.0 Å². The Bertz CT molecular complexity index is 1090. The van der Waals surface area contributed by atoms with Crippen LogP contribution in [0.15, 0.2) is 90.3 Å². The quantitative estimate of drug-likeness (QED) is 0.305. The van der Waals surface area contributed by atoms with Crippen LogP contribution in [0.2, 0.25) is 0 Å². The Morgan fingerprint density at radius 1 is 0.900 bits per heavy atom. The van der Waals surface area contributed by atoms with Crippen LogP contribution in [0.25, 0.3) is 11.1 Å². The Balaban J connectivity index is 1.55. The molecule has 2 heterocycles. The Morgan fingerprint density at radius 2 is 1.67 bits per heavy atom. The number of hydrogen-bond donors (Lipinski definition) is 1. The number of pyridine rings is 1. The molecule has 0 unspecified atom stereocenters. The van der Waals surface area contributed by atoms with Crippen LogP contribution in [-0.4, -0.2) is 21.2 Å². The number of thioether (sulfide) groups is 1. The highest BCUT2D eigenvalue weighted by molar-refractivity contribution is 7.98. The summed E-state index contributed by atoms with van der Waals surface area (Å²) in [6.45, 7) is 1.08. The first-order chi connectivity index (χ1) is 14.8. The topological polar surface area (TPSA) is 59.9 Å². The second kappa shape index (κ2) is 9.89. The minimum atomic E-state index is 0.476. The lowest BCUT2D eigenvalue weighted by atomic mass is 10.1. The molecule has 30 heavy (non-hydrogen) atoms. The summed E-state index contributed by atoms with van der Waals surface area (Å²) in [5.41, 5.74) is 4.20. The molecular formula is C24H22N4OS. The molecule has 0 saturated carbocycles. The summed E-state index contributed by atoms with van der Waals surface area (Å²) in [6, 6.07) is 24.3. The molecule has 1 N–H and O–H groups in total. The highest BCUT2D eigenvalue weighted by atomic mass is 32.2. The van der Waals surface area contributed by atoms with Gasteiger partial charge in [0.2, 0.25) is 5.88 Å². The molecule has 0 atom stereocenters. The zero-order valence-corrected chi connectivity index (χ0v) is 17.5. The highest BCUT2D eigenvalue weighted by Crippen LogP contribution is 2.29. The fourth-order valence-corrected chi connectivity index (χ4v) is 3.34. The summed E-state index contributed by atoms with van der Waals surface area (Å²) >= 11 is 1.52. The van der Waals surface area contributed by atoms with E-state index >= 15 is 0 Å². The first-order valence-corrected chi connectivity index (χ1v) is 10.9. The van der Waals surface area contributed by atoms with E-state index in [9.17, 15) is 0 Å². The van der Waals surface area contributed by atoms with Crippen molar-refractivity contribution in [1.82, 2.24) is 15.0 Å². The third-order valence-corrected chi connectivity index (χ3v) is 5.06. The predicted molar refractivity (Wildman–Crippen MR) is 122 cm³/mol. The molecule has 6 heteroatoms. The van der Waals surface area contributed by atoms with Crippen LogP contribution in [-0.2, 0) is 13.2 Å². The molecule has 0 bridgehead atoms. The highest BCUT2D eigenvalue weighted by Gasteiger charge is 2.10. The maximum Gasteiger partial charge on any atom is 0.221 e. The molecule has 0 radical (unpaired) electrons. The number of benzene rings is 2. The second-order valence-electron chi connectivity index (χ2n) is 6.62. The van der Waals surface area contributed by atoms with Gasteiger partial charge in [0, 0.05) is 24.5 Å². The molecule has 0 spiro atoms. The van der Waals surface area contributed by atoms with Gasteiger partial charge in [0.05, 0.1) is 0 Å². The van der Waals surface area contributed by atoms with Gasteiger partial charge in [-0.25, -0.2) is 15.0 Å². The molecule has 2 aromatic carbocycles. The molecule has 2 aromatic heterocycles. The lowest BCUT2D eigenvalue weighted by Crippen LogP contribution is -2.05. The van der Waals surface area contributed by atoms with E-state index in [2.05, 4.69) is 38.5 Å². The Kier molecular flexibility index (Phi) is 6.57. The molecule has 0 saturated heterocycles. The summed E-state index contributed by atoms with van der Waals surface area (Å²) in [4.78, 5) is 13.3. The molecule has 0 aliphatic carbocycles. The predicted octanol–water partition coefficient (Wildman–Crippen LogP) is 5.45. The standard InChI is InChI=1S/C24H22N4OS/c1-30-24-25-13-12-22(28-24)26-15-19-14-21(20-10-6-3-7-11-20)23(27-16-19)29-17-18-8-4-2-5-9-18/h2-14,16H,15,17H2,1H3,(H,25,26,28). The van der Waals surface area contributed by atoms with E-state index < -0.39 is 0 Å². The van der Waals surface area contributed by atoms with Crippen LogP contribution in [0.3, 0.4) is 0 Å². The minimum absolute atomic E-state index is 0.476. The van der Waals surface area contributed by atoms with Crippen LogP contribution in [0.1, 0.15) is 11.1 Å². The number of rotatable bonds is 8. The van der Waals surface area contributed by atoms with Crippen molar-refractivity contribution in [2.75, 3.05) is 11.6 Å². The Hall–Kier alpha value is -3.38. The van der Waals surface area contributed by atoms with Gasteiger partial charge in [-0.15, -0.1) is 0 Å². The maximum absolute atomic E-state index is 6.07. The molecule has 0 amide bonds. The number of nitrogens with zero attached hydrogens (tertiary/aromatic N) is 3. The van der Waals surface area contributed by atoms with Gasteiger partial charge in [-0.05, 0) is 35.1 Å². The molecule has 150 valence electrons. The van der Waals surface area contributed by atoms with Gasteiger partial charge in [0.15, 0.2) is 5.16 Å². The van der Waals surface area contributed by atoms with E-state index in [0.717, 1.165) is 33.2 Å². The van der Waals surface area contributed by atoms with E-state index in [1.807, 2.05) is 67.0 Å². The van der Waals surface area contributed by atoms with Crippen LogP contribution in [0.5, 0.6) is 5.88 Å². The van der Waals surface area contributed by atoms with Crippen molar-refractivity contribution in [2.24, 2.45) is 0 Å². The van der Waals surface area contributed by atoms with Gasteiger partial charge in [0.1, 0.15) is 12.4 Å². The first-order valence-electron chi connectivity index (χ1n) is 9.64. The molecule has 0 aliphatic heterocycles. The van der Waals surface area contributed by atoms with E-state index in [0.29, 0.717) is 19.0 Å².